The molecule has 0 N–H and O–H groups in total. The second kappa shape index (κ2) is 5.02. The van der Waals surface area contributed by atoms with Crippen LogP contribution in [0, 0.1) is 0 Å². The molecule has 0 amide bonds. The van der Waals surface area contributed by atoms with Gasteiger partial charge in [-0.25, -0.2) is 0 Å². The molecule has 1 saturated heterocycles. The molecule has 4 rings (SSSR count). The number of hydrogen-bond acceptors (Lipinski definition) is 6. The standard InChI is InChI=1S/C12H14N6SSe/c1-2-19-11-15-10-8-9(13-7-18(10)16-11)14-12(20-8)17-5-3-4-6-17/h7H,2-6H2,1H3. The fraction of sp³-hybridized carbons (Fsp3) is 0.500. The van der Waals surface area contributed by atoms with E-state index in [1.165, 1.54) is 21.8 Å². The molecule has 3 aromatic heterocycles. The Morgan fingerprint density at radius 3 is 2.95 bits per heavy atom. The van der Waals surface area contributed by atoms with Crippen LogP contribution in [0.3, 0.4) is 0 Å². The molecule has 0 aromatic carbocycles. The molecule has 1 aliphatic heterocycles. The third-order valence-corrected chi connectivity index (χ3v) is 6.38. The molecule has 0 radical (unpaired) electrons. The van der Waals surface area contributed by atoms with E-state index in [4.69, 9.17) is 4.98 Å². The summed E-state index contributed by atoms with van der Waals surface area (Å²) < 4.78 is 4.18. The van der Waals surface area contributed by atoms with Gasteiger partial charge in [0.1, 0.15) is 0 Å². The van der Waals surface area contributed by atoms with Crippen molar-refractivity contribution in [2.24, 2.45) is 0 Å². The van der Waals surface area contributed by atoms with Crippen LogP contribution in [0.5, 0.6) is 0 Å². The number of rotatable bonds is 3. The SMILES string of the molecule is CCSc1nc2c3[se]c(N4CCCC4)nc3ncn2n1. The summed E-state index contributed by atoms with van der Waals surface area (Å²) in [6.45, 7) is 4.38. The molecule has 0 bridgehead atoms. The summed E-state index contributed by atoms with van der Waals surface area (Å²) >= 11 is 1.87. The summed E-state index contributed by atoms with van der Waals surface area (Å²) in [6.07, 6.45) is 4.28. The van der Waals surface area contributed by atoms with Crippen molar-refractivity contribution in [3.8, 4) is 0 Å². The zero-order valence-electron chi connectivity index (χ0n) is 11.1. The van der Waals surface area contributed by atoms with Crippen molar-refractivity contribution in [1.29, 1.82) is 0 Å². The number of thioether (sulfide) groups is 1. The zero-order valence-corrected chi connectivity index (χ0v) is 13.6. The molecular formula is C12H14N6SSe. The predicted octanol–water partition coefficient (Wildman–Crippen LogP) is 1.44. The van der Waals surface area contributed by atoms with Crippen molar-refractivity contribution in [3.63, 3.8) is 0 Å². The number of nitrogens with zero attached hydrogens (tertiary/aromatic N) is 6. The molecule has 0 saturated carbocycles. The van der Waals surface area contributed by atoms with Gasteiger partial charge in [-0.1, -0.05) is 0 Å². The molecule has 1 fully saturated rings. The van der Waals surface area contributed by atoms with Gasteiger partial charge < -0.3 is 0 Å². The minimum absolute atomic E-state index is 0.205. The third-order valence-electron chi connectivity index (χ3n) is 3.35. The predicted molar refractivity (Wildman–Crippen MR) is 80.9 cm³/mol. The van der Waals surface area contributed by atoms with Gasteiger partial charge in [-0.3, -0.25) is 0 Å². The van der Waals surface area contributed by atoms with Crippen molar-refractivity contribution in [3.05, 3.63) is 6.33 Å². The van der Waals surface area contributed by atoms with Crippen molar-refractivity contribution in [2.45, 2.75) is 24.9 Å². The monoisotopic (exact) mass is 354 g/mol. The molecule has 0 atom stereocenters. The Labute approximate surface area is 126 Å². The third kappa shape index (κ3) is 2.02. The van der Waals surface area contributed by atoms with Gasteiger partial charge in [0.15, 0.2) is 0 Å². The molecule has 104 valence electrons. The first-order chi connectivity index (χ1) is 9.85. The normalized spacial score (nSPS) is 15.8. The molecule has 0 aliphatic carbocycles. The Hall–Kier alpha value is -1.11. The van der Waals surface area contributed by atoms with Crippen LogP contribution in [0.25, 0.3) is 15.6 Å². The Balaban J connectivity index is 1.85. The van der Waals surface area contributed by atoms with Gasteiger partial charge in [-0.15, -0.1) is 0 Å². The summed E-state index contributed by atoms with van der Waals surface area (Å²) in [5, 5.41) is 5.28. The van der Waals surface area contributed by atoms with Crippen LogP contribution in [0.2, 0.25) is 0 Å². The summed E-state index contributed by atoms with van der Waals surface area (Å²) in [5.41, 5.74) is 1.78. The van der Waals surface area contributed by atoms with E-state index in [9.17, 15) is 0 Å². The quantitative estimate of drug-likeness (QED) is 0.525. The summed E-state index contributed by atoms with van der Waals surface area (Å²) in [4.78, 5) is 16.2. The van der Waals surface area contributed by atoms with Crippen LogP contribution in [-0.4, -0.2) is 57.9 Å². The van der Waals surface area contributed by atoms with E-state index in [1.807, 2.05) is 0 Å². The van der Waals surface area contributed by atoms with E-state index < -0.39 is 0 Å². The molecule has 8 heteroatoms. The average molecular weight is 353 g/mol. The van der Waals surface area contributed by atoms with Crippen LogP contribution in [0.15, 0.2) is 11.5 Å². The molecule has 0 unspecified atom stereocenters. The van der Waals surface area contributed by atoms with Crippen LogP contribution < -0.4 is 4.90 Å². The second-order valence-electron chi connectivity index (χ2n) is 4.68. The Morgan fingerprint density at radius 1 is 1.30 bits per heavy atom. The molecule has 3 aromatic rings. The molecule has 0 spiro atoms. The molecule has 4 heterocycles. The van der Waals surface area contributed by atoms with Gasteiger partial charge in [0.05, 0.1) is 0 Å². The maximum atomic E-state index is 4.71. The van der Waals surface area contributed by atoms with E-state index in [0.717, 1.165) is 35.3 Å². The van der Waals surface area contributed by atoms with Gasteiger partial charge in [0.25, 0.3) is 0 Å². The summed E-state index contributed by atoms with van der Waals surface area (Å²) in [7, 11) is 0. The van der Waals surface area contributed by atoms with E-state index in [1.54, 1.807) is 22.6 Å². The van der Waals surface area contributed by atoms with E-state index in [2.05, 4.69) is 26.9 Å². The number of anilines is 1. The average Bonchev–Trinajstić information content (AvgIpc) is 3.16. The van der Waals surface area contributed by atoms with Crippen molar-refractivity contribution < 1.29 is 0 Å². The van der Waals surface area contributed by atoms with Gasteiger partial charge in [-0.2, -0.15) is 0 Å². The number of hydrogen-bond donors (Lipinski definition) is 0. The molecule has 20 heavy (non-hydrogen) atoms. The van der Waals surface area contributed by atoms with Crippen LogP contribution in [0.4, 0.5) is 4.69 Å². The molecule has 6 nitrogen and oxygen atoms in total. The fourth-order valence-electron chi connectivity index (χ4n) is 2.42. The second-order valence-corrected chi connectivity index (χ2v) is 7.97. The number of aromatic nitrogens is 5. The summed E-state index contributed by atoms with van der Waals surface area (Å²) in [5.74, 6) is 0.979. The zero-order chi connectivity index (χ0) is 13.5. The van der Waals surface area contributed by atoms with Gasteiger partial charge >= 0.3 is 126 Å². The van der Waals surface area contributed by atoms with Gasteiger partial charge in [-0.05, 0) is 0 Å². The maximum absolute atomic E-state index is 4.71. The van der Waals surface area contributed by atoms with Crippen LogP contribution >= 0.6 is 11.8 Å². The molecule has 1 aliphatic rings. The first-order valence-corrected chi connectivity index (χ1v) is 9.44. The summed E-state index contributed by atoms with van der Waals surface area (Å²) in [6, 6.07) is 0. The van der Waals surface area contributed by atoms with Gasteiger partial charge in [0.2, 0.25) is 0 Å². The van der Waals surface area contributed by atoms with E-state index >= 15 is 0 Å². The van der Waals surface area contributed by atoms with Crippen molar-refractivity contribution in [1.82, 2.24) is 24.6 Å². The first-order valence-electron chi connectivity index (χ1n) is 6.75. The minimum atomic E-state index is 0.205. The first kappa shape index (κ1) is 12.6. The van der Waals surface area contributed by atoms with Crippen molar-refractivity contribution >= 4 is 46.5 Å². The Morgan fingerprint density at radius 2 is 2.15 bits per heavy atom. The van der Waals surface area contributed by atoms with Crippen LogP contribution in [-0.2, 0) is 0 Å². The Kier molecular flexibility index (Phi) is 3.17. The van der Waals surface area contributed by atoms with E-state index in [0.29, 0.717) is 0 Å². The van der Waals surface area contributed by atoms with Crippen LogP contribution in [0.1, 0.15) is 19.8 Å². The Bertz CT molecular complexity index is 760. The van der Waals surface area contributed by atoms with Crippen molar-refractivity contribution in [2.75, 3.05) is 23.7 Å². The molecular weight excluding hydrogens is 339 g/mol. The fourth-order valence-corrected chi connectivity index (χ4v) is 5.17. The topological polar surface area (TPSA) is 59.2 Å². The number of fused-ring (bicyclic) bond motifs is 3. The van der Waals surface area contributed by atoms with Gasteiger partial charge in [0, 0.05) is 0 Å². The van der Waals surface area contributed by atoms with E-state index in [-0.39, 0.29) is 14.5 Å².